The minimum Gasteiger partial charge on any atom is -0.383 e. The smallest absolute Gasteiger partial charge is 0.224 e. The Morgan fingerprint density at radius 3 is 2.64 bits per heavy atom. The van der Waals surface area contributed by atoms with Gasteiger partial charge in [-0.05, 0) is 13.8 Å². The van der Waals surface area contributed by atoms with E-state index in [0.717, 1.165) is 11.3 Å². The zero-order valence-corrected chi connectivity index (χ0v) is 9.35. The van der Waals surface area contributed by atoms with Crippen molar-refractivity contribution in [3.8, 4) is 0 Å². The molecule has 5 heteroatoms. The number of ether oxygens (including phenoxy) is 1. The van der Waals surface area contributed by atoms with Gasteiger partial charge in [0.1, 0.15) is 5.15 Å². The number of halogens is 1. The van der Waals surface area contributed by atoms with Crippen molar-refractivity contribution in [1.82, 2.24) is 9.97 Å². The molecule has 0 radical (unpaired) electrons. The van der Waals surface area contributed by atoms with E-state index in [9.17, 15) is 0 Å². The third-order valence-corrected chi connectivity index (χ3v) is 2.29. The molecule has 0 saturated heterocycles. The third-order valence-electron chi connectivity index (χ3n) is 1.92. The van der Waals surface area contributed by atoms with Crippen molar-refractivity contribution in [2.24, 2.45) is 0 Å². The van der Waals surface area contributed by atoms with Gasteiger partial charge in [-0.25, -0.2) is 9.97 Å². The maximum absolute atomic E-state index is 5.91. The number of aromatic nitrogens is 2. The number of hydrogen-bond donors (Lipinski definition) is 1. The second-order valence-electron chi connectivity index (χ2n) is 2.97. The number of aryl methyl sites for hydroxylation is 1. The molecule has 0 spiro atoms. The van der Waals surface area contributed by atoms with Crippen LogP contribution in [-0.4, -0.2) is 30.2 Å². The molecule has 0 aliphatic heterocycles. The van der Waals surface area contributed by atoms with Gasteiger partial charge in [0.2, 0.25) is 5.95 Å². The lowest BCUT2D eigenvalue weighted by Gasteiger charge is -2.07. The molecule has 1 aromatic rings. The summed E-state index contributed by atoms with van der Waals surface area (Å²) < 4.78 is 4.90. The SMILES string of the molecule is COCCNc1nc(C)c(C)c(Cl)n1. The highest BCUT2D eigenvalue weighted by Crippen LogP contribution is 2.16. The van der Waals surface area contributed by atoms with Crippen LogP contribution in [0.15, 0.2) is 0 Å². The Balaban J connectivity index is 2.69. The summed E-state index contributed by atoms with van der Waals surface area (Å²) in [5, 5.41) is 3.52. The number of rotatable bonds is 4. The normalized spacial score (nSPS) is 10.3. The van der Waals surface area contributed by atoms with Crippen LogP contribution in [0.25, 0.3) is 0 Å². The monoisotopic (exact) mass is 215 g/mol. The first-order valence-corrected chi connectivity index (χ1v) is 4.76. The molecule has 1 aromatic heterocycles. The van der Waals surface area contributed by atoms with Crippen LogP contribution in [-0.2, 0) is 4.74 Å². The molecule has 0 bridgehead atoms. The molecule has 1 N–H and O–H groups in total. The molecule has 78 valence electrons. The van der Waals surface area contributed by atoms with Crippen molar-refractivity contribution in [3.05, 3.63) is 16.4 Å². The van der Waals surface area contributed by atoms with Gasteiger partial charge >= 0.3 is 0 Å². The summed E-state index contributed by atoms with van der Waals surface area (Å²) in [6, 6.07) is 0. The summed E-state index contributed by atoms with van der Waals surface area (Å²) in [6.07, 6.45) is 0. The Hall–Kier alpha value is -0.870. The van der Waals surface area contributed by atoms with Crippen LogP contribution >= 0.6 is 11.6 Å². The molecule has 0 atom stereocenters. The molecule has 14 heavy (non-hydrogen) atoms. The Morgan fingerprint density at radius 2 is 2.07 bits per heavy atom. The molecule has 0 unspecified atom stereocenters. The standard InChI is InChI=1S/C9H14ClN3O/c1-6-7(2)12-9(13-8(6)10)11-4-5-14-3/h4-5H2,1-3H3,(H,11,12,13). The first-order chi connectivity index (χ1) is 6.65. The minimum atomic E-state index is 0.498. The zero-order valence-electron chi connectivity index (χ0n) is 8.59. The first kappa shape index (κ1) is 11.2. The van der Waals surface area contributed by atoms with Crippen molar-refractivity contribution in [2.45, 2.75) is 13.8 Å². The Kier molecular flexibility index (Phi) is 4.10. The molecule has 0 amide bonds. The molecular weight excluding hydrogens is 202 g/mol. The number of nitrogens with zero attached hydrogens (tertiary/aromatic N) is 2. The number of nitrogens with one attached hydrogen (secondary N) is 1. The summed E-state index contributed by atoms with van der Waals surface area (Å²) in [6.45, 7) is 5.10. The number of methoxy groups -OCH3 is 1. The van der Waals surface area contributed by atoms with Crippen molar-refractivity contribution >= 4 is 17.5 Å². The predicted molar refractivity (Wildman–Crippen MR) is 56.9 cm³/mol. The molecular formula is C9H14ClN3O. The van der Waals surface area contributed by atoms with Crippen molar-refractivity contribution in [3.63, 3.8) is 0 Å². The molecule has 1 heterocycles. The van der Waals surface area contributed by atoms with Crippen LogP contribution in [0.1, 0.15) is 11.3 Å². The molecule has 0 fully saturated rings. The van der Waals surface area contributed by atoms with Gasteiger partial charge in [0.25, 0.3) is 0 Å². The highest BCUT2D eigenvalue weighted by molar-refractivity contribution is 6.30. The van der Waals surface area contributed by atoms with Crippen LogP contribution < -0.4 is 5.32 Å². The number of hydrogen-bond acceptors (Lipinski definition) is 4. The van der Waals surface area contributed by atoms with Gasteiger partial charge in [-0.2, -0.15) is 0 Å². The van der Waals surface area contributed by atoms with E-state index in [1.807, 2.05) is 13.8 Å². The van der Waals surface area contributed by atoms with E-state index < -0.39 is 0 Å². The van der Waals surface area contributed by atoms with Crippen molar-refractivity contribution < 1.29 is 4.74 Å². The molecule has 0 aromatic carbocycles. The molecule has 4 nitrogen and oxygen atoms in total. The lowest BCUT2D eigenvalue weighted by molar-refractivity contribution is 0.210. The lowest BCUT2D eigenvalue weighted by Crippen LogP contribution is -2.11. The van der Waals surface area contributed by atoms with Crippen molar-refractivity contribution in [2.75, 3.05) is 25.6 Å². The average Bonchev–Trinajstić information content (AvgIpc) is 2.14. The quantitative estimate of drug-likeness (QED) is 0.615. The Morgan fingerprint density at radius 1 is 1.36 bits per heavy atom. The second-order valence-corrected chi connectivity index (χ2v) is 3.33. The Bertz CT molecular complexity index is 294. The van der Waals surface area contributed by atoms with E-state index >= 15 is 0 Å². The van der Waals surface area contributed by atoms with E-state index in [0.29, 0.717) is 24.3 Å². The first-order valence-electron chi connectivity index (χ1n) is 4.38. The third kappa shape index (κ3) is 2.82. The predicted octanol–water partition coefficient (Wildman–Crippen LogP) is 1.81. The van der Waals surface area contributed by atoms with Crippen LogP contribution in [0.5, 0.6) is 0 Å². The van der Waals surface area contributed by atoms with Gasteiger partial charge in [-0.1, -0.05) is 11.6 Å². The summed E-state index contributed by atoms with van der Waals surface area (Å²) in [5.74, 6) is 0.551. The molecule has 0 aliphatic rings. The topological polar surface area (TPSA) is 47.0 Å². The van der Waals surface area contributed by atoms with Gasteiger partial charge in [0.15, 0.2) is 0 Å². The van der Waals surface area contributed by atoms with E-state index in [4.69, 9.17) is 16.3 Å². The lowest BCUT2D eigenvalue weighted by atomic mass is 10.3. The summed E-state index contributed by atoms with van der Waals surface area (Å²) in [7, 11) is 1.65. The minimum absolute atomic E-state index is 0.498. The van der Waals surface area contributed by atoms with Crippen LogP contribution in [0, 0.1) is 13.8 Å². The fourth-order valence-corrected chi connectivity index (χ4v) is 1.15. The summed E-state index contributed by atoms with van der Waals surface area (Å²) in [4.78, 5) is 8.34. The average molecular weight is 216 g/mol. The maximum Gasteiger partial charge on any atom is 0.224 e. The second kappa shape index (κ2) is 5.12. The maximum atomic E-state index is 5.91. The van der Waals surface area contributed by atoms with Crippen molar-refractivity contribution in [1.29, 1.82) is 0 Å². The zero-order chi connectivity index (χ0) is 10.6. The van der Waals surface area contributed by atoms with Gasteiger partial charge in [-0.3, -0.25) is 0 Å². The van der Waals surface area contributed by atoms with E-state index in [2.05, 4.69) is 15.3 Å². The molecule has 1 rings (SSSR count). The summed E-state index contributed by atoms with van der Waals surface area (Å²) in [5.41, 5.74) is 1.81. The Labute approximate surface area is 88.7 Å². The van der Waals surface area contributed by atoms with Gasteiger partial charge in [0, 0.05) is 24.9 Å². The fraction of sp³-hybridized carbons (Fsp3) is 0.556. The number of anilines is 1. The van der Waals surface area contributed by atoms with E-state index in [1.165, 1.54) is 0 Å². The van der Waals surface area contributed by atoms with Crippen LogP contribution in [0.4, 0.5) is 5.95 Å². The molecule has 0 saturated carbocycles. The highest BCUT2D eigenvalue weighted by atomic mass is 35.5. The molecule has 0 aliphatic carbocycles. The highest BCUT2D eigenvalue weighted by Gasteiger charge is 2.04. The van der Waals surface area contributed by atoms with Crippen LogP contribution in [0.3, 0.4) is 0 Å². The van der Waals surface area contributed by atoms with Gasteiger partial charge in [-0.15, -0.1) is 0 Å². The van der Waals surface area contributed by atoms with Gasteiger partial charge < -0.3 is 10.1 Å². The largest absolute Gasteiger partial charge is 0.383 e. The fourth-order valence-electron chi connectivity index (χ4n) is 0.938. The summed E-state index contributed by atoms with van der Waals surface area (Å²) >= 11 is 5.91. The van der Waals surface area contributed by atoms with Crippen LogP contribution in [0.2, 0.25) is 5.15 Å². The van der Waals surface area contributed by atoms with Gasteiger partial charge in [0.05, 0.1) is 6.61 Å². The van der Waals surface area contributed by atoms with E-state index in [1.54, 1.807) is 7.11 Å². The van der Waals surface area contributed by atoms with E-state index in [-0.39, 0.29) is 0 Å².